The van der Waals surface area contributed by atoms with E-state index in [9.17, 15) is 0 Å². The lowest BCUT2D eigenvalue weighted by atomic mass is 9.96. The summed E-state index contributed by atoms with van der Waals surface area (Å²) in [6.45, 7) is 3.05. The van der Waals surface area contributed by atoms with E-state index in [1.165, 1.54) is 24.8 Å². The van der Waals surface area contributed by atoms with Crippen molar-refractivity contribution in [2.75, 3.05) is 7.05 Å². The molecule has 0 amide bonds. The van der Waals surface area contributed by atoms with Gasteiger partial charge < -0.3 is 10.1 Å². The zero-order chi connectivity index (χ0) is 12.1. The Morgan fingerprint density at radius 2 is 2.24 bits per heavy atom. The topological polar surface area (TPSA) is 34.1 Å². The summed E-state index contributed by atoms with van der Waals surface area (Å²) in [6.07, 6.45) is 6.21. The molecule has 1 aliphatic carbocycles. The van der Waals surface area contributed by atoms with Crippen LogP contribution in [0.3, 0.4) is 0 Å². The van der Waals surface area contributed by atoms with Gasteiger partial charge in [0.05, 0.1) is 0 Å². The fourth-order valence-corrected chi connectivity index (χ4v) is 2.03. The minimum absolute atomic E-state index is 0.404. The second-order valence-corrected chi connectivity index (χ2v) is 4.76. The third-order valence-electron chi connectivity index (χ3n) is 3.14. The maximum absolute atomic E-state index is 5.89. The summed E-state index contributed by atoms with van der Waals surface area (Å²) in [5.41, 5.74) is 2.41. The quantitative estimate of drug-likeness (QED) is 0.821. The van der Waals surface area contributed by atoms with Gasteiger partial charge in [0, 0.05) is 18.3 Å². The Bertz CT molecular complexity index is 337. The van der Waals surface area contributed by atoms with E-state index >= 15 is 0 Å². The van der Waals surface area contributed by atoms with E-state index in [2.05, 4.69) is 29.4 Å². The van der Waals surface area contributed by atoms with Gasteiger partial charge in [-0.3, -0.25) is 0 Å². The van der Waals surface area contributed by atoms with Crippen molar-refractivity contribution in [3.05, 3.63) is 23.4 Å². The van der Waals surface area contributed by atoms with Gasteiger partial charge >= 0.3 is 0 Å². The molecule has 3 nitrogen and oxygen atoms in total. The number of aryl methyl sites for hydroxylation is 1. The Morgan fingerprint density at radius 1 is 1.41 bits per heavy atom. The molecule has 0 atom stereocenters. The zero-order valence-corrected chi connectivity index (χ0v) is 10.8. The first-order valence-electron chi connectivity index (χ1n) is 6.63. The van der Waals surface area contributed by atoms with Gasteiger partial charge in [-0.15, -0.1) is 0 Å². The Labute approximate surface area is 104 Å². The van der Waals surface area contributed by atoms with Gasteiger partial charge in [-0.05, 0) is 44.4 Å². The van der Waals surface area contributed by atoms with Crippen LogP contribution in [0.15, 0.2) is 12.1 Å². The normalized spacial score (nSPS) is 15.6. The number of nitrogens with one attached hydrogen (secondary N) is 1. The number of pyridine rings is 1. The monoisotopic (exact) mass is 234 g/mol. The molecule has 2 rings (SSSR count). The van der Waals surface area contributed by atoms with Crippen LogP contribution in [-0.4, -0.2) is 18.1 Å². The number of hydrogen-bond donors (Lipinski definition) is 1. The lowest BCUT2D eigenvalue weighted by molar-refractivity contribution is 0.114. The molecule has 0 aliphatic heterocycles. The first-order valence-corrected chi connectivity index (χ1v) is 6.63. The van der Waals surface area contributed by atoms with Crippen molar-refractivity contribution in [1.82, 2.24) is 10.3 Å². The number of ether oxygens (including phenoxy) is 1. The average Bonchev–Trinajstić information content (AvgIpc) is 2.24. The average molecular weight is 234 g/mol. The molecule has 0 unspecified atom stereocenters. The van der Waals surface area contributed by atoms with Crippen LogP contribution in [0.25, 0.3) is 0 Å². The van der Waals surface area contributed by atoms with Gasteiger partial charge in [-0.2, -0.15) is 0 Å². The van der Waals surface area contributed by atoms with Crippen molar-refractivity contribution in [3.8, 4) is 5.88 Å². The summed E-state index contributed by atoms with van der Waals surface area (Å²) in [7, 11) is 1.96. The third-order valence-corrected chi connectivity index (χ3v) is 3.14. The van der Waals surface area contributed by atoms with E-state index in [1.54, 1.807) is 0 Å². The van der Waals surface area contributed by atoms with Gasteiger partial charge in [0.2, 0.25) is 5.88 Å². The van der Waals surface area contributed by atoms with Crippen LogP contribution < -0.4 is 10.1 Å². The predicted molar refractivity (Wildman–Crippen MR) is 69.3 cm³/mol. The molecule has 1 N–H and O–H groups in total. The molecule has 0 spiro atoms. The Balaban J connectivity index is 2.10. The molecule has 0 bridgehead atoms. The summed E-state index contributed by atoms with van der Waals surface area (Å²) >= 11 is 0. The minimum atomic E-state index is 0.404. The van der Waals surface area contributed by atoms with Crippen molar-refractivity contribution < 1.29 is 4.74 Å². The second-order valence-electron chi connectivity index (χ2n) is 4.76. The van der Waals surface area contributed by atoms with Gasteiger partial charge in [-0.25, -0.2) is 4.98 Å². The van der Waals surface area contributed by atoms with E-state index in [0.717, 1.165) is 31.0 Å². The van der Waals surface area contributed by atoms with Gasteiger partial charge in [0.15, 0.2) is 0 Å². The lowest BCUT2D eigenvalue weighted by Crippen LogP contribution is -2.25. The highest BCUT2D eigenvalue weighted by Crippen LogP contribution is 2.25. The maximum atomic E-state index is 5.89. The van der Waals surface area contributed by atoms with E-state index < -0.39 is 0 Å². The fourth-order valence-electron chi connectivity index (χ4n) is 2.03. The summed E-state index contributed by atoms with van der Waals surface area (Å²) in [6, 6.07) is 4.24. The van der Waals surface area contributed by atoms with E-state index in [1.807, 2.05) is 7.05 Å². The summed E-state index contributed by atoms with van der Waals surface area (Å²) in [5.74, 6) is 0.811. The van der Waals surface area contributed by atoms with Crippen molar-refractivity contribution in [2.24, 2.45) is 0 Å². The molecule has 1 aromatic heterocycles. The van der Waals surface area contributed by atoms with Crippen LogP contribution in [0.5, 0.6) is 5.88 Å². The van der Waals surface area contributed by atoms with Gasteiger partial charge in [0.1, 0.15) is 6.10 Å². The van der Waals surface area contributed by atoms with E-state index in [0.29, 0.717) is 6.10 Å². The standard InChI is InChI=1S/C14H22N2O/c1-3-5-12-8-11(10-15-2)9-14(16-12)17-13-6-4-7-13/h8-9,13,15H,3-7,10H2,1-2H3. The number of aromatic nitrogens is 1. The third kappa shape index (κ3) is 3.43. The fraction of sp³-hybridized carbons (Fsp3) is 0.643. The summed E-state index contributed by atoms with van der Waals surface area (Å²) in [4.78, 5) is 4.58. The summed E-state index contributed by atoms with van der Waals surface area (Å²) < 4.78 is 5.89. The number of rotatable bonds is 6. The Morgan fingerprint density at radius 3 is 2.82 bits per heavy atom. The van der Waals surface area contributed by atoms with Crippen LogP contribution in [0.1, 0.15) is 43.9 Å². The molecule has 1 saturated carbocycles. The van der Waals surface area contributed by atoms with E-state index in [4.69, 9.17) is 4.74 Å². The molecule has 3 heteroatoms. The van der Waals surface area contributed by atoms with Crippen molar-refractivity contribution >= 4 is 0 Å². The lowest BCUT2D eigenvalue weighted by Gasteiger charge is -2.26. The smallest absolute Gasteiger partial charge is 0.214 e. The molecular weight excluding hydrogens is 212 g/mol. The Hall–Kier alpha value is -1.09. The molecule has 94 valence electrons. The highest BCUT2D eigenvalue weighted by atomic mass is 16.5. The van der Waals surface area contributed by atoms with Gasteiger partial charge in [0.25, 0.3) is 0 Å². The van der Waals surface area contributed by atoms with Crippen LogP contribution in [-0.2, 0) is 13.0 Å². The van der Waals surface area contributed by atoms with E-state index in [-0.39, 0.29) is 0 Å². The number of nitrogens with zero attached hydrogens (tertiary/aromatic N) is 1. The van der Waals surface area contributed by atoms with Crippen LogP contribution >= 0.6 is 0 Å². The molecule has 17 heavy (non-hydrogen) atoms. The molecule has 1 fully saturated rings. The van der Waals surface area contributed by atoms with Gasteiger partial charge in [-0.1, -0.05) is 13.3 Å². The largest absolute Gasteiger partial charge is 0.474 e. The molecule has 0 saturated heterocycles. The molecule has 1 heterocycles. The maximum Gasteiger partial charge on any atom is 0.214 e. The highest BCUT2D eigenvalue weighted by molar-refractivity contribution is 5.25. The summed E-state index contributed by atoms with van der Waals surface area (Å²) in [5, 5.41) is 3.18. The number of hydrogen-bond acceptors (Lipinski definition) is 3. The molecular formula is C14H22N2O. The van der Waals surface area contributed by atoms with Crippen LogP contribution in [0.2, 0.25) is 0 Å². The van der Waals surface area contributed by atoms with Crippen molar-refractivity contribution in [2.45, 2.75) is 51.7 Å². The molecule has 1 aromatic rings. The highest BCUT2D eigenvalue weighted by Gasteiger charge is 2.19. The Kier molecular flexibility index (Phi) is 4.37. The van der Waals surface area contributed by atoms with Crippen molar-refractivity contribution in [3.63, 3.8) is 0 Å². The van der Waals surface area contributed by atoms with Crippen LogP contribution in [0, 0.1) is 0 Å². The SMILES string of the molecule is CCCc1cc(CNC)cc(OC2CCC2)n1. The zero-order valence-electron chi connectivity index (χ0n) is 10.8. The molecule has 0 aromatic carbocycles. The first kappa shape index (κ1) is 12.4. The molecule has 1 aliphatic rings. The predicted octanol–water partition coefficient (Wildman–Crippen LogP) is 2.68. The van der Waals surface area contributed by atoms with Crippen molar-refractivity contribution in [1.29, 1.82) is 0 Å². The first-order chi connectivity index (χ1) is 8.31. The second kappa shape index (κ2) is 6.01. The van der Waals surface area contributed by atoms with Crippen LogP contribution in [0.4, 0.5) is 0 Å². The molecule has 0 radical (unpaired) electrons. The minimum Gasteiger partial charge on any atom is -0.474 e.